The monoisotopic (exact) mass is 345 g/mol. The van der Waals surface area contributed by atoms with Gasteiger partial charge in [0.15, 0.2) is 11.5 Å². The van der Waals surface area contributed by atoms with E-state index >= 15 is 0 Å². The molecule has 0 saturated carbocycles. The number of furan rings is 1. The summed E-state index contributed by atoms with van der Waals surface area (Å²) < 4.78 is 7.87. The summed E-state index contributed by atoms with van der Waals surface area (Å²) >= 11 is 0. The van der Waals surface area contributed by atoms with Crippen LogP contribution in [0, 0.1) is 0 Å². The molecule has 0 aliphatic carbocycles. The molecule has 7 heteroatoms. The zero-order chi connectivity index (χ0) is 17.9. The molecule has 0 saturated heterocycles. The third kappa shape index (κ3) is 3.05. The number of nitrogens with zero attached hydrogens (tertiary/aromatic N) is 3. The summed E-state index contributed by atoms with van der Waals surface area (Å²) in [7, 11) is 0. The first-order valence-electron chi connectivity index (χ1n) is 8.02. The Hall–Kier alpha value is -3.87. The van der Waals surface area contributed by atoms with Gasteiger partial charge in [0.2, 0.25) is 17.8 Å². The van der Waals surface area contributed by atoms with Crippen molar-refractivity contribution >= 4 is 23.1 Å². The SMILES string of the molecule is NC(N)=N/N=C/c1c[n+](-c2ccccc2)[nH]c1-c1cc2ccccc2o1. The van der Waals surface area contributed by atoms with Crippen LogP contribution >= 0.6 is 0 Å². The molecule has 2 aromatic heterocycles. The van der Waals surface area contributed by atoms with Crippen molar-refractivity contribution in [2.45, 2.75) is 0 Å². The third-order valence-corrected chi connectivity index (χ3v) is 3.87. The number of aromatic amines is 1. The van der Waals surface area contributed by atoms with Gasteiger partial charge in [-0.2, -0.15) is 10.2 Å². The Morgan fingerprint density at radius 3 is 2.58 bits per heavy atom. The Morgan fingerprint density at radius 1 is 1.04 bits per heavy atom. The number of nitrogens with one attached hydrogen (secondary N) is 1. The molecule has 5 N–H and O–H groups in total. The van der Waals surface area contributed by atoms with Crippen LogP contribution in [0.1, 0.15) is 5.56 Å². The summed E-state index contributed by atoms with van der Waals surface area (Å²) in [6, 6.07) is 19.7. The molecule has 0 bridgehead atoms. The van der Waals surface area contributed by atoms with Gasteiger partial charge < -0.3 is 15.9 Å². The van der Waals surface area contributed by atoms with Crippen molar-refractivity contribution in [3.05, 3.63) is 72.4 Å². The second-order valence-corrected chi connectivity index (χ2v) is 5.69. The molecule has 0 unspecified atom stereocenters. The highest BCUT2D eigenvalue weighted by Gasteiger charge is 2.20. The maximum absolute atomic E-state index is 5.98. The summed E-state index contributed by atoms with van der Waals surface area (Å²) in [6.07, 6.45) is 3.49. The number of guanidine groups is 1. The van der Waals surface area contributed by atoms with Crippen molar-refractivity contribution in [1.29, 1.82) is 0 Å². The van der Waals surface area contributed by atoms with E-state index in [4.69, 9.17) is 15.9 Å². The number of fused-ring (bicyclic) bond motifs is 1. The quantitative estimate of drug-likeness (QED) is 0.228. The van der Waals surface area contributed by atoms with E-state index in [2.05, 4.69) is 15.3 Å². The molecule has 128 valence electrons. The highest BCUT2D eigenvalue weighted by Crippen LogP contribution is 2.27. The predicted molar refractivity (Wildman–Crippen MR) is 101 cm³/mol. The average Bonchev–Trinajstić information content (AvgIpc) is 3.26. The highest BCUT2D eigenvalue weighted by molar-refractivity contribution is 5.90. The maximum atomic E-state index is 5.98. The Bertz CT molecular complexity index is 1070. The van der Waals surface area contributed by atoms with Crippen LogP contribution in [-0.2, 0) is 0 Å². The second kappa shape index (κ2) is 6.56. The van der Waals surface area contributed by atoms with Gasteiger partial charge in [0.1, 0.15) is 5.58 Å². The van der Waals surface area contributed by atoms with E-state index in [0.717, 1.165) is 27.9 Å². The van der Waals surface area contributed by atoms with E-state index in [9.17, 15) is 0 Å². The lowest BCUT2D eigenvalue weighted by Crippen LogP contribution is -2.31. The smallest absolute Gasteiger partial charge is 0.235 e. The Kier molecular flexibility index (Phi) is 3.95. The lowest BCUT2D eigenvalue weighted by molar-refractivity contribution is -0.654. The van der Waals surface area contributed by atoms with Gasteiger partial charge in [-0.05, 0) is 12.1 Å². The molecule has 0 aliphatic heterocycles. The van der Waals surface area contributed by atoms with Crippen LogP contribution in [0.3, 0.4) is 0 Å². The van der Waals surface area contributed by atoms with Gasteiger partial charge in [-0.1, -0.05) is 41.1 Å². The van der Waals surface area contributed by atoms with E-state index in [1.54, 1.807) is 6.21 Å². The first-order chi connectivity index (χ1) is 12.7. The molecule has 2 aromatic carbocycles. The van der Waals surface area contributed by atoms with E-state index in [1.165, 1.54) is 0 Å². The molecule has 0 atom stereocenters. The lowest BCUT2D eigenvalue weighted by Gasteiger charge is -1.91. The fraction of sp³-hybridized carbons (Fsp3) is 0. The third-order valence-electron chi connectivity index (χ3n) is 3.87. The number of aromatic nitrogens is 2. The van der Waals surface area contributed by atoms with Crippen molar-refractivity contribution in [2.75, 3.05) is 0 Å². The maximum Gasteiger partial charge on any atom is 0.235 e. The van der Waals surface area contributed by atoms with Gasteiger partial charge in [-0.15, -0.1) is 5.10 Å². The number of hydrogen-bond donors (Lipinski definition) is 3. The van der Waals surface area contributed by atoms with Gasteiger partial charge in [-0.25, -0.2) is 0 Å². The number of hydrogen-bond acceptors (Lipinski definition) is 3. The van der Waals surface area contributed by atoms with Gasteiger partial charge in [0.25, 0.3) is 0 Å². The standard InChI is InChI=1S/C19H16N6O/c20-19(21)23-22-11-14-12-25(15-7-2-1-3-8-15)24-18(14)17-10-13-6-4-5-9-16(13)26-17/h1-12H,(H4,20,21,23)/p+1/b22-11+. The number of nitrogens with two attached hydrogens (primary N) is 2. The average molecular weight is 345 g/mol. The molecule has 0 radical (unpaired) electrons. The summed E-state index contributed by atoms with van der Waals surface area (Å²) in [5.74, 6) is 0.602. The Labute approximate surface area is 149 Å². The molecular weight excluding hydrogens is 328 g/mol. The van der Waals surface area contributed by atoms with E-state index in [-0.39, 0.29) is 5.96 Å². The lowest BCUT2D eigenvalue weighted by atomic mass is 10.2. The molecule has 2 heterocycles. The van der Waals surface area contributed by atoms with Crippen molar-refractivity contribution in [2.24, 2.45) is 21.7 Å². The largest absolute Gasteiger partial charge is 0.454 e. The molecule has 7 nitrogen and oxygen atoms in total. The minimum atomic E-state index is -0.0991. The van der Waals surface area contributed by atoms with Gasteiger partial charge in [0, 0.05) is 17.5 Å². The number of rotatable bonds is 4. The van der Waals surface area contributed by atoms with Crippen LogP contribution < -0.4 is 16.1 Å². The second-order valence-electron chi connectivity index (χ2n) is 5.69. The Morgan fingerprint density at radius 2 is 1.81 bits per heavy atom. The summed E-state index contributed by atoms with van der Waals surface area (Å²) in [6.45, 7) is 0. The molecule has 0 fully saturated rings. The van der Waals surface area contributed by atoms with Crippen LogP contribution in [0.25, 0.3) is 28.1 Å². The summed E-state index contributed by atoms with van der Waals surface area (Å²) in [5, 5.41) is 12.0. The van der Waals surface area contributed by atoms with Gasteiger partial charge >= 0.3 is 0 Å². The van der Waals surface area contributed by atoms with Crippen molar-refractivity contribution in [3.8, 4) is 17.1 Å². The normalized spacial score (nSPS) is 11.2. The predicted octanol–water partition coefficient (Wildman–Crippen LogP) is 2.31. The molecule has 0 amide bonds. The minimum absolute atomic E-state index is 0.0991. The number of para-hydroxylation sites is 2. The van der Waals surface area contributed by atoms with E-state index < -0.39 is 0 Å². The van der Waals surface area contributed by atoms with Crippen LogP contribution in [0.4, 0.5) is 0 Å². The number of benzene rings is 2. The molecule has 0 aliphatic rings. The summed E-state index contributed by atoms with van der Waals surface area (Å²) in [5.41, 5.74) is 14.0. The Balaban J connectivity index is 1.84. The molecule has 4 aromatic rings. The van der Waals surface area contributed by atoms with Crippen LogP contribution in [-0.4, -0.2) is 17.3 Å². The van der Waals surface area contributed by atoms with E-state index in [0.29, 0.717) is 5.76 Å². The van der Waals surface area contributed by atoms with Crippen LogP contribution in [0.2, 0.25) is 0 Å². The molecular formula is C19H17N6O+. The van der Waals surface area contributed by atoms with Gasteiger partial charge in [-0.3, -0.25) is 0 Å². The molecule has 0 spiro atoms. The van der Waals surface area contributed by atoms with Crippen molar-refractivity contribution < 1.29 is 9.10 Å². The minimum Gasteiger partial charge on any atom is -0.454 e. The number of H-pyrrole nitrogens is 1. The summed E-state index contributed by atoms with van der Waals surface area (Å²) in [4.78, 5) is 0. The fourth-order valence-corrected chi connectivity index (χ4v) is 2.71. The molecule has 26 heavy (non-hydrogen) atoms. The van der Waals surface area contributed by atoms with E-state index in [1.807, 2.05) is 71.5 Å². The fourth-order valence-electron chi connectivity index (χ4n) is 2.71. The first kappa shape index (κ1) is 15.6. The zero-order valence-electron chi connectivity index (χ0n) is 13.8. The first-order valence-corrected chi connectivity index (χ1v) is 8.02. The highest BCUT2D eigenvalue weighted by atomic mass is 16.3. The van der Waals surface area contributed by atoms with Crippen LogP contribution in [0.15, 0.2) is 81.5 Å². The van der Waals surface area contributed by atoms with Crippen molar-refractivity contribution in [3.63, 3.8) is 0 Å². The van der Waals surface area contributed by atoms with Gasteiger partial charge in [0.05, 0.1) is 11.8 Å². The zero-order valence-corrected chi connectivity index (χ0v) is 13.8. The topological polar surface area (TPSA) is 110 Å². The van der Waals surface area contributed by atoms with Crippen LogP contribution in [0.5, 0.6) is 0 Å². The van der Waals surface area contributed by atoms with Crippen molar-refractivity contribution in [1.82, 2.24) is 5.10 Å². The molecule has 4 rings (SSSR count).